The fourth-order valence-electron chi connectivity index (χ4n) is 2.01. The highest BCUT2D eigenvalue weighted by Gasteiger charge is 2.13. The van der Waals surface area contributed by atoms with Gasteiger partial charge in [0.2, 0.25) is 5.78 Å². The molecule has 0 N–H and O–H groups in total. The lowest BCUT2D eigenvalue weighted by Crippen LogP contribution is -2.07. The molecule has 0 atom stereocenters. The third-order valence-corrected chi connectivity index (χ3v) is 3.30. The van der Waals surface area contributed by atoms with Gasteiger partial charge in [-0.2, -0.15) is 0 Å². The van der Waals surface area contributed by atoms with E-state index in [1.54, 1.807) is 44.4 Å². The van der Waals surface area contributed by atoms with E-state index in [4.69, 9.17) is 25.5 Å². The van der Waals surface area contributed by atoms with Gasteiger partial charge in [0.1, 0.15) is 5.76 Å². The zero-order chi connectivity index (χ0) is 17.0. The summed E-state index contributed by atoms with van der Waals surface area (Å²) in [6, 6.07) is 6.88. The molecule has 1 heterocycles. The molecular weight excluding hydrogens is 316 g/mol. The fraction of sp³-hybridized carbons (Fsp3) is 0.278. The van der Waals surface area contributed by atoms with E-state index in [0.717, 1.165) is 5.56 Å². The normalized spacial score (nSPS) is 11.2. The Balaban J connectivity index is 2.25. The number of ketones is 1. The van der Waals surface area contributed by atoms with Gasteiger partial charge in [-0.15, -0.1) is 0 Å². The van der Waals surface area contributed by atoms with Gasteiger partial charge in [0.15, 0.2) is 17.3 Å². The summed E-state index contributed by atoms with van der Waals surface area (Å²) in [6.07, 6.45) is 3.08. The topological polar surface area (TPSA) is 48.7 Å². The van der Waals surface area contributed by atoms with Gasteiger partial charge in [-0.1, -0.05) is 17.7 Å². The van der Waals surface area contributed by atoms with Crippen molar-refractivity contribution in [1.82, 2.24) is 0 Å². The number of hydrogen-bond acceptors (Lipinski definition) is 4. The molecule has 0 saturated heterocycles. The van der Waals surface area contributed by atoms with Crippen LogP contribution in [0.3, 0.4) is 0 Å². The van der Waals surface area contributed by atoms with Crippen LogP contribution in [0.5, 0.6) is 11.5 Å². The van der Waals surface area contributed by atoms with Crippen LogP contribution in [-0.4, -0.2) is 19.0 Å². The van der Waals surface area contributed by atoms with Crippen LogP contribution in [0.4, 0.5) is 0 Å². The molecule has 4 nitrogen and oxygen atoms in total. The summed E-state index contributed by atoms with van der Waals surface area (Å²) in [5.41, 5.74) is 0.736. The number of allylic oxidation sites excluding steroid dienone is 1. The molecule has 5 heteroatoms. The molecule has 23 heavy (non-hydrogen) atoms. The standard InChI is InChI=1S/C18H19ClO4/c1-11(2)22-18-14(19)9-13(10-17(18)21-4)6-7-15(20)16-8-5-12(3)23-16/h5-11H,1-4H3/b7-6+. The summed E-state index contributed by atoms with van der Waals surface area (Å²) >= 11 is 6.25. The monoisotopic (exact) mass is 334 g/mol. The van der Waals surface area contributed by atoms with E-state index >= 15 is 0 Å². The maximum Gasteiger partial charge on any atom is 0.221 e. The van der Waals surface area contributed by atoms with Gasteiger partial charge in [0, 0.05) is 0 Å². The lowest BCUT2D eigenvalue weighted by atomic mass is 10.1. The van der Waals surface area contributed by atoms with E-state index in [-0.39, 0.29) is 11.9 Å². The molecule has 0 unspecified atom stereocenters. The second-order valence-electron chi connectivity index (χ2n) is 5.31. The van der Waals surface area contributed by atoms with Crippen LogP contribution in [0.15, 0.2) is 34.8 Å². The van der Waals surface area contributed by atoms with Crippen LogP contribution < -0.4 is 9.47 Å². The molecule has 0 aliphatic rings. The van der Waals surface area contributed by atoms with E-state index in [9.17, 15) is 4.79 Å². The Kier molecular flexibility index (Phi) is 5.50. The highest BCUT2D eigenvalue weighted by atomic mass is 35.5. The third kappa shape index (κ3) is 4.39. The number of carbonyl (C=O) groups is 1. The van der Waals surface area contributed by atoms with Gasteiger partial charge in [-0.3, -0.25) is 4.79 Å². The summed E-state index contributed by atoms with van der Waals surface area (Å²) in [4.78, 5) is 12.0. The van der Waals surface area contributed by atoms with E-state index in [0.29, 0.717) is 28.0 Å². The van der Waals surface area contributed by atoms with Crippen molar-refractivity contribution in [3.8, 4) is 11.5 Å². The second kappa shape index (κ2) is 7.38. The molecule has 0 bridgehead atoms. The Morgan fingerprint density at radius 3 is 2.61 bits per heavy atom. The molecule has 0 aliphatic heterocycles. The molecule has 1 aromatic carbocycles. The first-order valence-electron chi connectivity index (χ1n) is 7.23. The predicted octanol–water partition coefficient (Wildman–Crippen LogP) is 4.93. The molecule has 122 valence electrons. The Labute approximate surface area is 140 Å². The number of ether oxygens (including phenoxy) is 2. The molecule has 0 aliphatic carbocycles. The van der Waals surface area contributed by atoms with Gasteiger partial charge in [0.05, 0.1) is 18.2 Å². The number of aryl methyl sites for hydroxylation is 1. The molecule has 0 amide bonds. The van der Waals surface area contributed by atoms with E-state index in [1.807, 2.05) is 13.8 Å². The van der Waals surface area contributed by atoms with Crippen molar-refractivity contribution in [2.24, 2.45) is 0 Å². The molecular formula is C18H19ClO4. The van der Waals surface area contributed by atoms with Crippen molar-refractivity contribution in [2.45, 2.75) is 26.9 Å². The predicted molar refractivity (Wildman–Crippen MR) is 90.6 cm³/mol. The molecule has 0 spiro atoms. The average molecular weight is 335 g/mol. The minimum absolute atomic E-state index is 0.0217. The third-order valence-electron chi connectivity index (χ3n) is 3.02. The molecule has 0 fully saturated rings. The quantitative estimate of drug-likeness (QED) is 0.555. The lowest BCUT2D eigenvalue weighted by Gasteiger charge is -2.15. The molecule has 0 radical (unpaired) electrons. The first-order valence-corrected chi connectivity index (χ1v) is 7.61. The number of furan rings is 1. The van der Waals surface area contributed by atoms with Crippen LogP contribution in [0, 0.1) is 6.92 Å². The van der Waals surface area contributed by atoms with Crippen LogP contribution >= 0.6 is 11.6 Å². The number of rotatable bonds is 6. The van der Waals surface area contributed by atoms with Crippen molar-refractivity contribution in [3.63, 3.8) is 0 Å². The zero-order valence-corrected chi connectivity index (χ0v) is 14.3. The molecule has 2 rings (SSSR count). The number of halogens is 1. The van der Waals surface area contributed by atoms with Crippen LogP contribution in [-0.2, 0) is 0 Å². The van der Waals surface area contributed by atoms with Gasteiger partial charge in [-0.05, 0) is 56.7 Å². The summed E-state index contributed by atoms with van der Waals surface area (Å²) in [5, 5.41) is 0.430. The number of methoxy groups -OCH3 is 1. The Bertz CT molecular complexity index is 729. The summed E-state index contributed by atoms with van der Waals surface area (Å²) in [7, 11) is 1.54. The fourth-order valence-corrected chi connectivity index (χ4v) is 2.27. The minimum atomic E-state index is -0.212. The smallest absolute Gasteiger partial charge is 0.221 e. The Morgan fingerprint density at radius 1 is 1.30 bits per heavy atom. The summed E-state index contributed by atoms with van der Waals surface area (Å²) < 4.78 is 16.3. The van der Waals surface area contributed by atoms with Gasteiger partial charge >= 0.3 is 0 Å². The van der Waals surface area contributed by atoms with Crippen molar-refractivity contribution < 1.29 is 18.7 Å². The van der Waals surface area contributed by atoms with Crippen molar-refractivity contribution in [1.29, 1.82) is 0 Å². The van der Waals surface area contributed by atoms with Gasteiger partial charge in [0.25, 0.3) is 0 Å². The number of hydrogen-bond donors (Lipinski definition) is 0. The number of carbonyl (C=O) groups excluding carboxylic acids is 1. The lowest BCUT2D eigenvalue weighted by molar-refractivity contribution is 0.102. The minimum Gasteiger partial charge on any atom is -0.493 e. The Hall–Kier alpha value is -2.20. The first kappa shape index (κ1) is 17.2. The highest BCUT2D eigenvalue weighted by molar-refractivity contribution is 6.32. The molecule has 0 saturated carbocycles. The van der Waals surface area contributed by atoms with Crippen molar-refractivity contribution >= 4 is 23.5 Å². The summed E-state index contributed by atoms with van der Waals surface area (Å²) in [6.45, 7) is 5.61. The molecule has 2 aromatic rings. The number of benzene rings is 1. The zero-order valence-electron chi connectivity index (χ0n) is 13.6. The summed E-state index contributed by atoms with van der Waals surface area (Å²) in [5.74, 6) is 1.80. The van der Waals surface area contributed by atoms with Gasteiger partial charge in [-0.25, -0.2) is 0 Å². The van der Waals surface area contributed by atoms with E-state index < -0.39 is 0 Å². The molecule has 1 aromatic heterocycles. The van der Waals surface area contributed by atoms with E-state index in [2.05, 4.69) is 0 Å². The maximum absolute atomic E-state index is 12.0. The Morgan fingerprint density at radius 2 is 2.04 bits per heavy atom. The maximum atomic E-state index is 12.0. The first-order chi connectivity index (χ1) is 10.9. The van der Waals surface area contributed by atoms with Crippen LogP contribution in [0.1, 0.15) is 35.7 Å². The van der Waals surface area contributed by atoms with E-state index in [1.165, 1.54) is 6.08 Å². The van der Waals surface area contributed by atoms with Gasteiger partial charge < -0.3 is 13.9 Å². The van der Waals surface area contributed by atoms with Crippen molar-refractivity contribution in [2.75, 3.05) is 7.11 Å². The highest BCUT2D eigenvalue weighted by Crippen LogP contribution is 2.37. The van der Waals surface area contributed by atoms with Crippen molar-refractivity contribution in [3.05, 3.63) is 52.4 Å². The second-order valence-corrected chi connectivity index (χ2v) is 5.72. The largest absolute Gasteiger partial charge is 0.493 e. The van der Waals surface area contributed by atoms with Crippen LogP contribution in [0.2, 0.25) is 5.02 Å². The van der Waals surface area contributed by atoms with Crippen LogP contribution in [0.25, 0.3) is 6.08 Å². The SMILES string of the molecule is COc1cc(/C=C/C(=O)c2ccc(C)o2)cc(Cl)c1OC(C)C. The average Bonchev–Trinajstić information content (AvgIpc) is 2.93.